The lowest BCUT2D eigenvalue weighted by Crippen LogP contribution is -2.30. The number of carbonyl (C=O) groups is 1. The number of halogens is 1. The molecular formula is C11H12ClNO5S. The molecule has 0 amide bonds. The van der Waals surface area contributed by atoms with Crippen LogP contribution in [0.2, 0.25) is 5.02 Å². The second kappa shape index (κ2) is 5.09. The summed E-state index contributed by atoms with van der Waals surface area (Å²) < 4.78 is 25.7. The number of hydrogen-bond donors (Lipinski definition) is 2. The number of aliphatic hydroxyl groups is 1. The van der Waals surface area contributed by atoms with Crippen LogP contribution in [0.25, 0.3) is 0 Å². The summed E-state index contributed by atoms with van der Waals surface area (Å²) in [6.45, 7) is 0.188. The van der Waals surface area contributed by atoms with Crippen molar-refractivity contribution in [3.05, 3.63) is 28.8 Å². The average molecular weight is 306 g/mol. The maximum absolute atomic E-state index is 12.3. The normalized spacial score (nSPS) is 20.6. The van der Waals surface area contributed by atoms with E-state index in [4.69, 9.17) is 16.7 Å². The maximum Gasteiger partial charge on any atom is 0.335 e. The molecule has 1 saturated heterocycles. The molecule has 0 bridgehead atoms. The SMILES string of the molecule is O=C(O)c1ccc(Cl)c(S(=O)(=O)N2CC[C@H](O)C2)c1. The number of nitrogens with zero attached hydrogens (tertiary/aromatic N) is 1. The van der Waals surface area contributed by atoms with Gasteiger partial charge in [0.25, 0.3) is 0 Å². The Labute approximate surface area is 115 Å². The van der Waals surface area contributed by atoms with Gasteiger partial charge in [0.2, 0.25) is 10.0 Å². The molecule has 1 aliphatic rings. The Morgan fingerprint density at radius 3 is 2.63 bits per heavy atom. The molecule has 0 saturated carbocycles. The van der Waals surface area contributed by atoms with Gasteiger partial charge >= 0.3 is 5.97 Å². The number of rotatable bonds is 3. The summed E-state index contributed by atoms with van der Waals surface area (Å²) in [6, 6.07) is 3.51. The fourth-order valence-corrected chi connectivity index (χ4v) is 3.89. The third-order valence-electron chi connectivity index (χ3n) is 2.92. The van der Waals surface area contributed by atoms with Gasteiger partial charge < -0.3 is 10.2 Å². The van der Waals surface area contributed by atoms with Crippen molar-refractivity contribution >= 4 is 27.6 Å². The Hall–Kier alpha value is -1.15. The molecule has 0 radical (unpaired) electrons. The molecule has 6 nitrogen and oxygen atoms in total. The van der Waals surface area contributed by atoms with Crippen molar-refractivity contribution in [3.63, 3.8) is 0 Å². The van der Waals surface area contributed by atoms with Crippen molar-refractivity contribution in [2.75, 3.05) is 13.1 Å². The van der Waals surface area contributed by atoms with Crippen LogP contribution in [0.1, 0.15) is 16.8 Å². The topological polar surface area (TPSA) is 94.9 Å². The van der Waals surface area contributed by atoms with Crippen molar-refractivity contribution in [1.29, 1.82) is 0 Å². The summed E-state index contributed by atoms with van der Waals surface area (Å²) in [5.41, 5.74) is -0.150. The lowest BCUT2D eigenvalue weighted by molar-refractivity contribution is 0.0696. The van der Waals surface area contributed by atoms with Crippen LogP contribution >= 0.6 is 11.6 Å². The molecule has 1 aromatic rings. The van der Waals surface area contributed by atoms with Crippen LogP contribution in [0.5, 0.6) is 0 Å². The summed E-state index contributed by atoms with van der Waals surface area (Å²) in [4.78, 5) is 10.6. The van der Waals surface area contributed by atoms with E-state index in [0.717, 1.165) is 10.4 Å². The Kier molecular flexibility index (Phi) is 3.82. The largest absolute Gasteiger partial charge is 0.478 e. The predicted octanol–water partition coefficient (Wildman–Crippen LogP) is 0.794. The highest BCUT2D eigenvalue weighted by molar-refractivity contribution is 7.89. The minimum atomic E-state index is -3.88. The van der Waals surface area contributed by atoms with Crippen LogP contribution in [0.4, 0.5) is 0 Å². The van der Waals surface area contributed by atoms with E-state index in [0.29, 0.717) is 6.42 Å². The molecule has 1 aromatic carbocycles. The standard InChI is InChI=1S/C11H12ClNO5S/c12-9-2-1-7(11(15)16)5-10(9)19(17,18)13-4-3-8(14)6-13/h1-2,5,8,14H,3-4,6H2,(H,15,16)/t8-/m0/s1. The number of β-amino-alcohol motifs (C(OH)–C–C–N with tert-alkyl or cyclic N) is 1. The van der Waals surface area contributed by atoms with E-state index < -0.39 is 22.1 Å². The molecule has 1 atom stereocenters. The number of benzene rings is 1. The van der Waals surface area contributed by atoms with E-state index in [1.165, 1.54) is 12.1 Å². The molecule has 1 aliphatic heterocycles. The van der Waals surface area contributed by atoms with Gasteiger partial charge in [-0.3, -0.25) is 0 Å². The summed E-state index contributed by atoms with van der Waals surface area (Å²) >= 11 is 5.84. The second-order valence-corrected chi connectivity index (χ2v) is 6.57. The molecule has 2 rings (SSSR count). The van der Waals surface area contributed by atoms with Crippen LogP contribution in [-0.2, 0) is 10.0 Å². The number of carboxylic acid groups (broad SMARTS) is 1. The van der Waals surface area contributed by atoms with Crippen LogP contribution < -0.4 is 0 Å². The number of hydrogen-bond acceptors (Lipinski definition) is 4. The molecular weight excluding hydrogens is 294 g/mol. The summed E-state index contributed by atoms with van der Waals surface area (Å²) in [6.07, 6.45) is -0.341. The maximum atomic E-state index is 12.3. The van der Waals surface area contributed by atoms with Gasteiger partial charge in [0.15, 0.2) is 0 Å². The van der Waals surface area contributed by atoms with Gasteiger partial charge in [0.1, 0.15) is 4.90 Å². The highest BCUT2D eigenvalue weighted by atomic mass is 35.5. The molecule has 0 unspecified atom stereocenters. The quantitative estimate of drug-likeness (QED) is 0.861. The highest BCUT2D eigenvalue weighted by Gasteiger charge is 2.33. The lowest BCUT2D eigenvalue weighted by Gasteiger charge is -2.16. The van der Waals surface area contributed by atoms with Gasteiger partial charge in [0, 0.05) is 13.1 Å². The molecule has 0 aliphatic carbocycles. The first-order valence-electron chi connectivity index (χ1n) is 5.53. The smallest absolute Gasteiger partial charge is 0.335 e. The van der Waals surface area contributed by atoms with E-state index in [9.17, 15) is 18.3 Å². The summed E-state index contributed by atoms with van der Waals surface area (Å²) in [5.74, 6) is -1.23. The van der Waals surface area contributed by atoms with Gasteiger partial charge in [-0.05, 0) is 24.6 Å². The zero-order chi connectivity index (χ0) is 14.2. The van der Waals surface area contributed by atoms with Crippen molar-refractivity contribution in [2.24, 2.45) is 0 Å². The van der Waals surface area contributed by atoms with Crippen LogP contribution in [-0.4, -0.2) is 48.1 Å². The first-order valence-corrected chi connectivity index (χ1v) is 7.35. The first-order chi connectivity index (χ1) is 8.82. The van der Waals surface area contributed by atoms with Crippen LogP contribution in [0.15, 0.2) is 23.1 Å². The molecule has 2 N–H and O–H groups in total. The van der Waals surface area contributed by atoms with E-state index in [2.05, 4.69) is 0 Å². The number of aliphatic hydroxyl groups excluding tert-OH is 1. The van der Waals surface area contributed by atoms with E-state index in [-0.39, 0.29) is 28.6 Å². The molecule has 8 heteroatoms. The predicted molar refractivity (Wildman–Crippen MR) is 67.8 cm³/mol. The van der Waals surface area contributed by atoms with Gasteiger partial charge in [-0.1, -0.05) is 11.6 Å². The lowest BCUT2D eigenvalue weighted by atomic mass is 10.2. The van der Waals surface area contributed by atoms with Crippen LogP contribution in [0.3, 0.4) is 0 Å². The van der Waals surface area contributed by atoms with E-state index in [1.807, 2.05) is 0 Å². The summed E-state index contributed by atoms with van der Waals surface area (Å²) in [5, 5.41) is 18.2. The molecule has 1 heterocycles. The number of sulfonamides is 1. The average Bonchev–Trinajstić information content (AvgIpc) is 2.76. The Bertz CT molecular complexity index is 616. The fourth-order valence-electron chi connectivity index (χ4n) is 1.90. The Morgan fingerprint density at radius 2 is 2.11 bits per heavy atom. The third-order valence-corrected chi connectivity index (χ3v) is 5.27. The van der Waals surface area contributed by atoms with Crippen molar-refractivity contribution in [2.45, 2.75) is 17.4 Å². The van der Waals surface area contributed by atoms with E-state index >= 15 is 0 Å². The van der Waals surface area contributed by atoms with Crippen molar-refractivity contribution in [1.82, 2.24) is 4.31 Å². The van der Waals surface area contributed by atoms with Crippen molar-refractivity contribution in [3.8, 4) is 0 Å². The zero-order valence-electron chi connectivity index (χ0n) is 9.78. The molecule has 104 valence electrons. The molecule has 19 heavy (non-hydrogen) atoms. The van der Waals surface area contributed by atoms with Crippen LogP contribution in [0, 0.1) is 0 Å². The minimum Gasteiger partial charge on any atom is -0.478 e. The fraction of sp³-hybridized carbons (Fsp3) is 0.364. The van der Waals surface area contributed by atoms with Gasteiger partial charge in [-0.25, -0.2) is 13.2 Å². The van der Waals surface area contributed by atoms with Gasteiger partial charge in [-0.15, -0.1) is 0 Å². The van der Waals surface area contributed by atoms with Gasteiger partial charge in [-0.2, -0.15) is 4.31 Å². The molecule has 0 spiro atoms. The van der Waals surface area contributed by atoms with E-state index in [1.54, 1.807) is 0 Å². The van der Waals surface area contributed by atoms with Crippen molar-refractivity contribution < 1.29 is 23.4 Å². The minimum absolute atomic E-state index is 0.00401. The van der Waals surface area contributed by atoms with Gasteiger partial charge in [0.05, 0.1) is 16.7 Å². The monoisotopic (exact) mass is 305 g/mol. The zero-order valence-corrected chi connectivity index (χ0v) is 11.4. The number of carboxylic acids is 1. The number of aromatic carboxylic acids is 1. The highest BCUT2D eigenvalue weighted by Crippen LogP contribution is 2.28. The third kappa shape index (κ3) is 2.74. The molecule has 1 fully saturated rings. The molecule has 0 aromatic heterocycles. The Morgan fingerprint density at radius 1 is 1.42 bits per heavy atom. The second-order valence-electron chi connectivity index (χ2n) is 4.26. The first kappa shape index (κ1) is 14.3. The Balaban J connectivity index is 2.45. The summed E-state index contributed by atoms with van der Waals surface area (Å²) in [7, 11) is -3.88.